The topological polar surface area (TPSA) is 85.9 Å². The lowest BCUT2D eigenvalue weighted by Crippen LogP contribution is -2.36. The van der Waals surface area contributed by atoms with Gasteiger partial charge in [-0.05, 0) is 17.7 Å². The van der Waals surface area contributed by atoms with Gasteiger partial charge in [0.05, 0.1) is 27.8 Å². The van der Waals surface area contributed by atoms with E-state index >= 15 is 0 Å². The Bertz CT molecular complexity index is 490. The molecule has 21 heavy (non-hydrogen) atoms. The van der Waals surface area contributed by atoms with Gasteiger partial charge in [0.2, 0.25) is 0 Å². The number of hydrogen-bond acceptors (Lipinski definition) is 5. The molecule has 0 aliphatic rings. The molecule has 2 N–H and O–H groups in total. The molecule has 0 aromatic heterocycles. The summed E-state index contributed by atoms with van der Waals surface area (Å²) in [5.41, 5.74) is 0.871. The summed E-state index contributed by atoms with van der Waals surface area (Å²) in [5, 5.41) is 5.24. The second-order valence-electron chi connectivity index (χ2n) is 4.12. The number of methoxy groups -OCH3 is 3. The third kappa shape index (κ3) is 5.60. The number of urea groups is 1. The van der Waals surface area contributed by atoms with Crippen LogP contribution < -0.4 is 20.1 Å². The number of esters is 1. The number of benzene rings is 1. The highest BCUT2D eigenvalue weighted by atomic mass is 16.5. The normalized spacial score (nSPS) is 9.67. The minimum atomic E-state index is -0.366. The van der Waals surface area contributed by atoms with Crippen molar-refractivity contribution in [2.45, 2.75) is 13.0 Å². The number of nitrogens with one attached hydrogen (secondary N) is 2. The molecule has 7 nitrogen and oxygen atoms in total. The number of carbonyl (C=O) groups is 2. The average Bonchev–Trinajstić information content (AvgIpc) is 2.52. The smallest absolute Gasteiger partial charge is 0.315 e. The molecule has 0 atom stereocenters. The van der Waals surface area contributed by atoms with Crippen LogP contribution in [0.25, 0.3) is 0 Å². The van der Waals surface area contributed by atoms with E-state index in [4.69, 9.17) is 9.47 Å². The number of rotatable bonds is 7. The summed E-state index contributed by atoms with van der Waals surface area (Å²) in [5.74, 6) is 0.863. The summed E-state index contributed by atoms with van der Waals surface area (Å²) in [6.45, 7) is 0.564. The van der Waals surface area contributed by atoms with Crippen LogP contribution in [0.15, 0.2) is 18.2 Å². The first-order valence-corrected chi connectivity index (χ1v) is 6.40. The summed E-state index contributed by atoms with van der Waals surface area (Å²) in [7, 11) is 4.42. The standard InChI is InChI=1S/C14H20N2O5/c1-19-11-5-4-10(8-12(11)20-2)9-16-14(18)15-7-6-13(17)21-3/h4-5,8H,6-7,9H2,1-3H3,(H2,15,16,18). The predicted octanol–water partition coefficient (Wildman–Crippen LogP) is 1.07. The van der Waals surface area contributed by atoms with Crippen LogP contribution in [0.5, 0.6) is 11.5 Å². The van der Waals surface area contributed by atoms with E-state index in [-0.39, 0.29) is 25.0 Å². The summed E-state index contributed by atoms with van der Waals surface area (Å²) in [6.07, 6.45) is 0.139. The van der Waals surface area contributed by atoms with Crippen LogP contribution in [-0.4, -0.2) is 39.9 Å². The van der Waals surface area contributed by atoms with Crippen LogP contribution >= 0.6 is 0 Å². The molecule has 7 heteroatoms. The van der Waals surface area contributed by atoms with Crippen LogP contribution in [0, 0.1) is 0 Å². The van der Waals surface area contributed by atoms with Gasteiger partial charge in [-0.1, -0.05) is 6.07 Å². The molecule has 0 aliphatic carbocycles. The maximum Gasteiger partial charge on any atom is 0.315 e. The van der Waals surface area contributed by atoms with Gasteiger partial charge in [-0.2, -0.15) is 0 Å². The van der Waals surface area contributed by atoms with Gasteiger partial charge in [-0.15, -0.1) is 0 Å². The van der Waals surface area contributed by atoms with Crippen LogP contribution in [0.4, 0.5) is 4.79 Å². The van der Waals surface area contributed by atoms with E-state index < -0.39 is 0 Å². The second kappa shape index (κ2) is 8.68. The Kier molecular flexibility index (Phi) is 6.86. The van der Waals surface area contributed by atoms with Crippen molar-refractivity contribution >= 4 is 12.0 Å². The molecule has 0 heterocycles. The van der Waals surface area contributed by atoms with Gasteiger partial charge in [0.25, 0.3) is 0 Å². The van der Waals surface area contributed by atoms with Crippen molar-refractivity contribution in [3.63, 3.8) is 0 Å². The van der Waals surface area contributed by atoms with Crippen LogP contribution in [0.3, 0.4) is 0 Å². The Morgan fingerprint density at radius 1 is 1.05 bits per heavy atom. The van der Waals surface area contributed by atoms with Crippen molar-refractivity contribution in [2.24, 2.45) is 0 Å². The molecule has 0 bridgehead atoms. The van der Waals surface area contributed by atoms with Crippen LogP contribution in [0.2, 0.25) is 0 Å². The SMILES string of the molecule is COC(=O)CCNC(=O)NCc1ccc(OC)c(OC)c1. The highest BCUT2D eigenvalue weighted by Crippen LogP contribution is 2.27. The van der Waals surface area contributed by atoms with E-state index in [1.54, 1.807) is 26.4 Å². The van der Waals surface area contributed by atoms with Crippen LogP contribution in [0.1, 0.15) is 12.0 Å². The largest absolute Gasteiger partial charge is 0.493 e. The first kappa shape index (κ1) is 16.6. The lowest BCUT2D eigenvalue weighted by molar-refractivity contribution is -0.140. The maximum atomic E-state index is 11.5. The molecule has 0 saturated heterocycles. The molecule has 0 spiro atoms. The van der Waals surface area contributed by atoms with Gasteiger partial charge >= 0.3 is 12.0 Å². The Morgan fingerprint density at radius 3 is 2.38 bits per heavy atom. The van der Waals surface area contributed by atoms with Gasteiger partial charge in [-0.25, -0.2) is 4.79 Å². The summed E-state index contributed by atoms with van der Waals surface area (Å²) < 4.78 is 14.8. The molecule has 0 saturated carbocycles. The second-order valence-corrected chi connectivity index (χ2v) is 4.12. The van der Waals surface area contributed by atoms with Gasteiger partial charge in [-0.3, -0.25) is 4.79 Å². The molecule has 0 aliphatic heterocycles. The van der Waals surface area contributed by atoms with Crippen LogP contribution in [-0.2, 0) is 16.1 Å². The third-order valence-corrected chi connectivity index (χ3v) is 2.74. The molecule has 1 rings (SSSR count). The van der Waals surface area contributed by atoms with E-state index in [0.29, 0.717) is 18.0 Å². The van der Waals surface area contributed by atoms with Gasteiger partial charge in [0.1, 0.15) is 0 Å². The van der Waals surface area contributed by atoms with E-state index in [2.05, 4.69) is 15.4 Å². The summed E-state index contributed by atoms with van der Waals surface area (Å²) in [4.78, 5) is 22.4. The quantitative estimate of drug-likeness (QED) is 0.735. The molecule has 0 radical (unpaired) electrons. The highest BCUT2D eigenvalue weighted by Gasteiger charge is 2.06. The Balaban J connectivity index is 2.40. The summed E-state index contributed by atoms with van der Waals surface area (Å²) >= 11 is 0. The molecular formula is C14H20N2O5. The first-order chi connectivity index (χ1) is 10.1. The number of hydrogen-bond donors (Lipinski definition) is 2. The van der Waals surface area contributed by atoms with Crippen molar-refractivity contribution in [1.29, 1.82) is 0 Å². The van der Waals surface area contributed by atoms with Crippen molar-refractivity contribution in [2.75, 3.05) is 27.9 Å². The van der Waals surface area contributed by atoms with E-state index in [9.17, 15) is 9.59 Å². The predicted molar refractivity (Wildman–Crippen MR) is 76.4 cm³/mol. The zero-order valence-corrected chi connectivity index (χ0v) is 12.4. The average molecular weight is 296 g/mol. The number of ether oxygens (including phenoxy) is 3. The number of carbonyl (C=O) groups excluding carboxylic acids is 2. The minimum Gasteiger partial charge on any atom is -0.493 e. The lowest BCUT2D eigenvalue weighted by Gasteiger charge is -2.11. The first-order valence-electron chi connectivity index (χ1n) is 6.40. The molecule has 0 fully saturated rings. The van der Waals surface area contributed by atoms with Gasteiger partial charge in [0.15, 0.2) is 11.5 Å². The monoisotopic (exact) mass is 296 g/mol. The minimum absolute atomic E-state index is 0.139. The van der Waals surface area contributed by atoms with Crippen molar-refractivity contribution < 1.29 is 23.8 Å². The molecule has 1 aromatic carbocycles. The Labute approximate surface area is 123 Å². The van der Waals surface area contributed by atoms with Crippen molar-refractivity contribution in [3.8, 4) is 11.5 Å². The Hall–Kier alpha value is -2.44. The van der Waals surface area contributed by atoms with Crippen molar-refractivity contribution in [1.82, 2.24) is 10.6 Å². The molecule has 116 valence electrons. The van der Waals surface area contributed by atoms with E-state index in [1.165, 1.54) is 7.11 Å². The van der Waals surface area contributed by atoms with Crippen molar-refractivity contribution in [3.05, 3.63) is 23.8 Å². The molecular weight excluding hydrogens is 276 g/mol. The fraction of sp³-hybridized carbons (Fsp3) is 0.429. The maximum absolute atomic E-state index is 11.5. The van der Waals surface area contributed by atoms with Gasteiger partial charge < -0.3 is 24.8 Å². The molecule has 2 amide bonds. The van der Waals surface area contributed by atoms with Gasteiger partial charge in [0, 0.05) is 13.1 Å². The Morgan fingerprint density at radius 2 is 1.76 bits per heavy atom. The third-order valence-electron chi connectivity index (χ3n) is 2.74. The molecule has 1 aromatic rings. The highest BCUT2D eigenvalue weighted by molar-refractivity contribution is 5.75. The van der Waals surface area contributed by atoms with E-state index in [1.807, 2.05) is 6.07 Å². The van der Waals surface area contributed by atoms with E-state index in [0.717, 1.165) is 5.56 Å². The fourth-order valence-corrected chi connectivity index (χ4v) is 1.62. The zero-order chi connectivity index (χ0) is 15.7. The fourth-order valence-electron chi connectivity index (χ4n) is 1.62. The zero-order valence-electron chi connectivity index (χ0n) is 12.4. The summed E-state index contributed by atoms with van der Waals surface area (Å²) in [6, 6.07) is 5.03. The lowest BCUT2D eigenvalue weighted by atomic mass is 10.2. The number of amides is 2. The molecule has 0 unspecified atom stereocenters.